The van der Waals surface area contributed by atoms with Gasteiger partial charge in [-0.15, -0.1) is 5.06 Å². The molecule has 2 heterocycles. The number of hydrogen-bond acceptors (Lipinski definition) is 12. The molecule has 12 heteroatoms. The minimum atomic E-state index is -1.77. The van der Waals surface area contributed by atoms with Crippen LogP contribution >= 0.6 is 0 Å². The molecule has 5 atom stereocenters. The molecule has 0 bridgehead atoms. The molecular weight excluding hydrogens is 466 g/mol. The van der Waals surface area contributed by atoms with Gasteiger partial charge in [0.25, 0.3) is 5.88 Å². The molecule has 1 saturated heterocycles. The molecule has 0 radical (unpaired) electrons. The van der Waals surface area contributed by atoms with Gasteiger partial charge >= 0.3 is 5.95 Å². The smallest absolute Gasteiger partial charge is 0.353 e. The molecular formula is C23H41NO11. The lowest BCUT2D eigenvalue weighted by atomic mass is 9.99. The van der Waals surface area contributed by atoms with Gasteiger partial charge in [-0.05, 0) is 6.42 Å². The van der Waals surface area contributed by atoms with E-state index in [4.69, 9.17) is 19.0 Å². The van der Waals surface area contributed by atoms with Gasteiger partial charge in [0, 0.05) is 0 Å². The Morgan fingerprint density at radius 1 is 0.800 bits per heavy atom. The monoisotopic (exact) mass is 507 g/mol. The van der Waals surface area contributed by atoms with Gasteiger partial charge in [-0.1, -0.05) is 64.7 Å². The van der Waals surface area contributed by atoms with Gasteiger partial charge in [0.05, 0.1) is 13.2 Å². The zero-order valence-electron chi connectivity index (χ0n) is 20.3. The minimum absolute atomic E-state index is 0.214. The second-order valence-electron chi connectivity index (χ2n) is 8.75. The number of hydroxylamine groups is 2. The van der Waals surface area contributed by atoms with Gasteiger partial charge < -0.3 is 54.8 Å². The van der Waals surface area contributed by atoms with E-state index < -0.39 is 67.4 Å². The molecule has 0 aromatic heterocycles. The first kappa shape index (κ1) is 29.3. The second-order valence-corrected chi connectivity index (χ2v) is 8.75. The predicted octanol–water partition coefficient (Wildman–Crippen LogP) is 1.39. The number of ether oxygens (including phenoxy) is 3. The fourth-order valence-corrected chi connectivity index (χ4v) is 3.83. The Bertz CT molecular complexity index is 684. The van der Waals surface area contributed by atoms with Crippen LogP contribution in [0.4, 0.5) is 0 Å². The molecule has 12 nitrogen and oxygen atoms in total. The molecule has 2 aliphatic heterocycles. The van der Waals surface area contributed by atoms with Crippen LogP contribution in [0, 0.1) is 0 Å². The standard InChI is InChI=1S/C23H41NO11/c1-2-3-4-5-6-7-8-9-10-11-12-32-22-20(31)18(29)21(24(14-26)35-22)34-23-19(30)17(28)16(27)15(13-25)33-23/h15-17,19,23,25-31H,2-14H2,1H3/t15-,16-,17+,19-,23-/m1/s1. The molecule has 0 amide bonds. The van der Waals surface area contributed by atoms with E-state index in [0.717, 1.165) is 19.3 Å². The van der Waals surface area contributed by atoms with Crippen LogP contribution in [-0.4, -0.2) is 91.5 Å². The lowest BCUT2D eigenvalue weighted by Crippen LogP contribution is -2.59. The maximum Gasteiger partial charge on any atom is 0.353 e. The molecule has 204 valence electrons. The van der Waals surface area contributed by atoms with Crippen molar-refractivity contribution in [2.45, 2.75) is 102 Å². The Morgan fingerprint density at radius 3 is 1.97 bits per heavy atom. The Labute approximate surface area is 205 Å². The number of nitrogens with zero attached hydrogens (tertiary/aromatic N) is 1. The Morgan fingerprint density at radius 2 is 1.40 bits per heavy atom. The molecule has 2 rings (SSSR count). The van der Waals surface area contributed by atoms with E-state index in [-0.39, 0.29) is 6.61 Å². The van der Waals surface area contributed by atoms with Gasteiger partial charge in [-0.2, -0.15) is 0 Å². The van der Waals surface area contributed by atoms with E-state index in [2.05, 4.69) is 6.92 Å². The third kappa shape index (κ3) is 8.29. The summed E-state index contributed by atoms with van der Waals surface area (Å²) < 4.78 is 15.9. The van der Waals surface area contributed by atoms with Crippen LogP contribution in [0.3, 0.4) is 0 Å². The van der Waals surface area contributed by atoms with E-state index in [1.165, 1.54) is 38.5 Å². The molecule has 7 N–H and O–H groups in total. The van der Waals surface area contributed by atoms with Crippen LogP contribution in [0.1, 0.15) is 71.1 Å². The molecule has 2 aliphatic rings. The van der Waals surface area contributed by atoms with Gasteiger partial charge in [-0.25, -0.2) is 0 Å². The largest absolute Gasteiger partial charge is 0.500 e. The number of aliphatic hydroxyl groups is 7. The molecule has 1 fully saturated rings. The lowest BCUT2D eigenvalue weighted by molar-refractivity contribution is -0.313. The predicted molar refractivity (Wildman–Crippen MR) is 122 cm³/mol. The summed E-state index contributed by atoms with van der Waals surface area (Å²) in [6.45, 7) is 0.894. The zero-order chi connectivity index (χ0) is 25.8. The maximum absolute atomic E-state index is 10.4. The highest BCUT2D eigenvalue weighted by atomic mass is 16.8. The normalized spacial score (nSPS) is 27.3. The van der Waals surface area contributed by atoms with Crippen LogP contribution in [0.5, 0.6) is 0 Å². The molecule has 0 aromatic carbocycles. The van der Waals surface area contributed by atoms with Crippen molar-refractivity contribution in [3.63, 3.8) is 0 Å². The van der Waals surface area contributed by atoms with Crippen LogP contribution in [0.2, 0.25) is 0 Å². The first-order chi connectivity index (χ1) is 16.8. The van der Waals surface area contributed by atoms with Crippen molar-refractivity contribution in [3.8, 4) is 0 Å². The summed E-state index contributed by atoms with van der Waals surface area (Å²) in [4.78, 5) is 5.25. The van der Waals surface area contributed by atoms with Gasteiger partial charge in [0.15, 0.2) is 6.73 Å². The number of rotatable bonds is 16. The SMILES string of the molecule is CCCCCCCCCCCCOC1=C(O)C(O)=C(O[C@H]2O[C@H](CO)[C@@H](O)[C@H](O)[C@H]2O)N(CO)O1. The number of aliphatic hydroxyl groups excluding tert-OH is 7. The molecule has 0 aromatic rings. The van der Waals surface area contributed by atoms with E-state index in [1.54, 1.807) is 0 Å². The van der Waals surface area contributed by atoms with Crippen molar-refractivity contribution in [3.05, 3.63) is 23.3 Å². The van der Waals surface area contributed by atoms with Crippen molar-refractivity contribution >= 4 is 0 Å². The Hall–Kier alpha value is -1.96. The third-order valence-corrected chi connectivity index (χ3v) is 5.98. The highest BCUT2D eigenvalue weighted by molar-refractivity contribution is 5.23. The molecule has 0 saturated carbocycles. The lowest BCUT2D eigenvalue weighted by Gasteiger charge is -2.40. The van der Waals surface area contributed by atoms with E-state index >= 15 is 0 Å². The first-order valence-electron chi connectivity index (χ1n) is 12.4. The molecule has 0 unspecified atom stereocenters. The number of hydrogen-bond donors (Lipinski definition) is 7. The topological polar surface area (TPSA) is 182 Å². The first-order valence-corrected chi connectivity index (χ1v) is 12.4. The van der Waals surface area contributed by atoms with E-state index in [0.29, 0.717) is 11.5 Å². The summed E-state index contributed by atoms with van der Waals surface area (Å²) in [5, 5.41) is 70.1. The fourth-order valence-electron chi connectivity index (χ4n) is 3.83. The number of unbranched alkanes of at least 4 members (excludes halogenated alkanes) is 9. The minimum Gasteiger partial charge on any atom is -0.500 e. The van der Waals surface area contributed by atoms with Crippen molar-refractivity contribution in [1.29, 1.82) is 0 Å². The fraction of sp³-hybridized carbons (Fsp3) is 0.826. The van der Waals surface area contributed by atoms with E-state index in [1.807, 2.05) is 0 Å². The third-order valence-electron chi connectivity index (χ3n) is 5.98. The highest BCUT2D eigenvalue weighted by Crippen LogP contribution is 2.31. The van der Waals surface area contributed by atoms with Crippen LogP contribution in [0.25, 0.3) is 0 Å². The average molecular weight is 508 g/mol. The molecule has 0 aliphatic carbocycles. The second kappa shape index (κ2) is 15.2. The highest BCUT2D eigenvalue weighted by Gasteiger charge is 2.46. The van der Waals surface area contributed by atoms with E-state index in [9.17, 15) is 35.7 Å². The molecule has 35 heavy (non-hydrogen) atoms. The van der Waals surface area contributed by atoms with Gasteiger partial charge in [-0.3, -0.25) is 0 Å². The summed E-state index contributed by atoms with van der Waals surface area (Å²) in [5.74, 6) is -2.71. The van der Waals surface area contributed by atoms with Gasteiger partial charge in [0.1, 0.15) is 24.4 Å². The van der Waals surface area contributed by atoms with Crippen LogP contribution in [0.15, 0.2) is 23.3 Å². The summed E-state index contributed by atoms with van der Waals surface area (Å²) in [5.41, 5.74) is 0. The summed E-state index contributed by atoms with van der Waals surface area (Å²) >= 11 is 0. The van der Waals surface area contributed by atoms with Gasteiger partial charge in [0.2, 0.25) is 17.8 Å². The Balaban J connectivity index is 1.85. The molecule has 0 spiro atoms. The van der Waals surface area contributed by atoms with Crippen LogP contribution in [-0.2, 0) is 19.0 Å². The quantitative estimate of drug-likeness (QED) is 0.149. The summed E-state index contributed by atoms with van der Waals surface area (Å²) in [6.07, 6.45) is 3.41. The Kier molecular flexibility index (Phi) is 12.7. The van der Waals surface area contributed by atoms with Crippen molar-refractivity contribution < 1.29 is 54.8 Å². The maximum atomic E-state index is 10.4. The van der Waals surface area contributed by atoms with Crippen LogP contribution < -0.4 is 0 Å². The van der Waals surface area contributed by atoms with Crippen molar-refractivity contribution in [2.24, 2.45) is 0 Å². The summed E-state index contributed by atoms with van der Waals surface area (Å²) in [6, 6.07) is 0. The summed E-state index contributed by atoms with van der Waals surface area (Å²) in [7, 11) is 0. The van der Waals surface area contributed by atoms with Crippen molar-refractivity contribution in [1.82, 2.24) is 5.06 Å². The average Bonchev–Trinajstić information content (AvgIpc) is 2.86. The van der Waals surface area contributed by atoms with Crippen molar-refractivity contribution in [2.75, 3.05) is 19.9 Å². The zero-order valence-corrected chi connectivity index (χ0v) is 20.3.